The van der Waals surface area contributed by atoms with Crippen molar-refractivity contribution >= 4 is 12.2 Å². The predicted molar refractivity (Wildman–Crippen MR) is 70.6 cm³/mol. The number of hydrogen-bond acceptors (Lipinski definition) is 3. The van der Waals surface area contributed by atoms with E-state index >= 15 is 0 Å². The summed E-state index contributed by atoms with van der Waals surface area (Å²) in [6.07, 6.45) is 5.77. The van der Waals surface area contributed by atoms with Crippen LogP contribution in [0.3, 0.4) is 0 Å². The van der Waals surface area contributed by atoms with E-state index in [4.69, 9.17) is 9.47 Å². The SMILES string of the molecule is C(=C\c1ccccn1)/c1ccc2c(c1)OCCO2. The summed E-state index contributed by atoms with van der Waals surface area (Å²) in [7, 11) is 0. The summed E-state index contributed by atoms with van der Waals surface area (Å²) in [4.78, 5) is 4.24. The van der Waals surface area contributed by atoms with Crippen LogP contribution in [-0.4, -0.2) is 18.2 Å². The summed E-state index contributed by atoms with van der Waals surface area (Å²) in [6.45, 7) is 1.23. The third kappa shape index (κ3) is 2.35. The minimum absolute atomic E-state index is 0.612. The Balaban J connectivity index is 1.83. The molecular formula is C15H13NO2. The summed E-state index contributed by atoms with van der Waals surface area (Å²) < 4.78 is 11.0. The zero-order chi connectivity index (χ0) is 12.2. The van der Waals surface area contributed by atoms with Gasteiger partial charge in [0.05, 0.1) is 5.69 Å². The molecular weight excluding hydrogens is 226 g/mol. The van der Waals surface area contributed by atoms with E-state index in [-0.39, 0.29) is 0 Å². The number of fused-ring (bicyclic) bond motifs is 1. The quantitative estimate of drug-likeness (QED) is 0.807. The summed E-state index contributed by atoms with van der Waals surface area (Å²) >= 11 is 0. The fourth-order valence-corrected chi connectivity index (χ4v) is 1.82. The second-order valence-electron chi connectivity index (χ2n) is 3.99. The molecule has 3 heteroatoms. The van der Waals surface area contributed by atoms with E-state index in [0.717, 1.165) is 22.8 Å². The molecule has 0 saturated heterocycles. The van der Waals surface area contributed by atoms with Crippen LogP contribution >= 0.6 is 0 Å². The van der Waals surface area contributed by atoms with Gasteiger partial charge in [-0.15, -0.1) is 0 Å². The van der Waals surface area contributed by atoms with Gasteiger partial charge in [-0.2, -0.15) is 0 Å². The van der Waals surface area contributed by atoms with Gasteiger partial charge in [-0.3, -0.25) is 4.98 Å². The lowest BCUT2D eigenvalue weighted by Gasteiger charge is -2.18. The molecule has 0 saturated carbocycles. The van der Waals surface area contributed by atoms with Crippen molar-refractivity contribution < 1.29 is 9.47 Å². The van der Waals surface area contributed by atoms with Gasteiger partial charge in [0.25, 0.3) is 0 Å². The van der Waals surface area contributed by atoms with E-state index in [1.807, 2.05) is 48.6 Å². The van der Waals surface area contributed by atoms with Crippen molar-refractivity contribution in [3.63, 3.8) is 0 Å². The maximum absolute atomic E-state index is 5.54. The second-order valence-corrected chi connectivity index (χ2v) is 3.99. The maximum atomic E-state index is 5.54. The molecule has 0 spiro atoms. The lowest BCUT2D eigenvalue weighted by atomic mass is 10.1. The third-order valence-corrected chi connectivity index (χ3v) is 2.70. The Morgan fingerprint density at radius 3 is 2.67 bits per heavy atom. The molecule has 2 heterocycles. The lowest BCUT2D eigenvalue weighted by Crippen LogP contribution is -2.15. The fourth-order valence-electron chi connectivity index (χ4n) is 1.82. The molecule has 1 aromatic heterocycles. The summed E-state index contributed by atoms with van der Waals surface area (Å²) in [5.41, 5.74) is 2.01. The molecule has 1 aromatic carbocycles. The topological polar surface area (TPSA) is 31.4 Å². The standard InChI is InChI=1S/C15H13NO2/c1-2-8-16-13(3-1)6-4-12-5-7-14-15(11-12)18-10-9-17-14/h1-8,11H,9-10H2/b6-4+. The maximum Gasteiger partial charge on any atom is 0.161 e. The summed E-state index contributed by atoms with van der Waals surface area (Å²) in [5.74, 6) is 1.63. The van der Waals surface area contributed by atoms with Gasteiger partial charge in [0.1, 0.15) is 13.2 Å². The first-order valence-electron chi connectivity index (χ1n) is 5.90. The van der Waals surface area contributed by atoms with Gasteiger partial charge >= 0.3 is 0 Å². The van der Waals surface area contributed by atoms with Gasteiger partial charge in [0.2, 0.25) is 0 Å². The minimum Gasteiger partial charge on any atom is -0.486 e. The monoisotopic (exact) mass is 239 g/mol. The number of benzene rings is 1. The average molecular weight is 239 g/mol. The van der Waals surface area contributed by atoms with Gasteiger partial charge in [-0.25, -0.2) is 0 Å². The molecule has 2 aromatic rings. The molecule has 1 aliphatic heterocycles. The summed E-state index contributed by atoms with van der Waals surface area (Å²) in [5, 5.41) is 0. The highest BCUT2D eigenvalue weighted by atomic mass is 16.6. The van der Waals surface area contributed by atoms with E-state index in [9.17, 15) is 0 Å². The van der Waals surface area contributed by atoms with Crippen LogP contribution in [0.4, 0.5) is 0 Å². The zero-order valence-electron chi connectivity index (χ0n) is 9.87. The fraction of sp³-hybridized carbons (Fsp3) is 0.133. The van der Waals surface area contributed by atoms with Crippen molar-refractivity contribution in [2.75, 3.05) is 13.2 Å². The van der Waals surface area contributed by atoms with E-state index in [2.05, 4.69) is 4.98 Å². The number of rotatable bonds is 2. The molecule has 0 aliphatic carbocycles. The molecule has 0 unspecified atom stereocenters. The normalized spacial score (nSPS) is 13.8. The molecule has 1 aliphatic rings. The highest BCUT2D eigenvalue weighted by Gasteiger charge is 2.10. The van der Waals surface area contributed by atoms with Crippen molar-refractivity contribution in [1.82, 2.24) is 4.98 Å². The van der Waals surface area contributed by atoms with Crippen LogP contribution in [0.2, 0.25) is 0 Å². The Morgan fingerprint density at radius 1 is 0.944 bits per heavy atom. The van der Waals surface area contributed by atoms with E-state index in [0.29, 0.717) is 13.2 Å². The molecule has 0 amide bonds. The Bertz CT molecular complexity index is 564. The number of hydrogen-bond donors (Lipinski definition) is 0. The van der Waals surface area contributed by atoms with Crippen LogP contribution in [0, 0.1) is 0 Å². The first-order chi connectivity index (χ1) is 8.92. The number of nitrogens with zero attached hydrogens (tertiary/aromatic N) is 1. The Kier molecular flexibility index (Phi) is 2.96. The minimum atomic E-state index is 0.612. The first-order valence-corrected chi connectivity index (χ1v) is 5.90. The van der Waals surface area contributed by atoms with Gasteiger partial charge < -0.3 is 9.47 Å². The molecule has 90 valence electrons. The Hall–Kier alpha value is -2.29. The zero-order valence-corrected chi connectivity index (χ0v) is 9.87. The van der Waals surface area contributed by atoms with Gasteiger partial charge in [-0.05, 0) is 35.9 Å². The molecule has 0 N–H and O–H groups in total. The van der Waals surface area contributed by atoms with Gasteiger partial charge in [0.15, 0.2) is 11.5 Å². The van der Waals surface area contributed by atoms with Gasteiger partial charge in [0, 0.05) is 6.20 Å². The van der Waals surface area contributed by atoms with Crippen LogP contribution in [0.25, 0.3) is 12.2 Å². The third-order valence-electron chi connectivity index (χ3n) is 2.70. The van der Waals surface area contributed by atoms with Gasteiger partial charge in [-0.1, -0.05) is 18.2 Å². The van der Waals surface area contributed by atoms with E-state index in [1.54, 1.807) is 6.20 Å². The largest absolute Gasteiger partial charge is 0.486 e. The van der Waals surface area contributed by atoms with Crippen LogP contribution in [0.1, 0.15) is 11.3 Å². The van der Waals surface area contributed by atoms with E-state index in [1.165, 1.54) is 0 Å². The molecule has 18 heavy (non-hydrogen) atoms. The molecule has 0 bridgehead atoms. The Labute approximate surface area is 106 Å². The molecule has 0 radical (unpaired) electrons. The van der Waals surface area contributed by atoms with Crippen molar-refractivity contribution in [2.45, 2.75) is 0 Å². The Morgan fingerprint density at radius 2 is 1.83 bits per heavy atom. The van der Waals surface area contributed by atoms with Crippen molar-refractivity contribution in [3.05, 3.63) is 53.9 Å². The first kappa shape index (κ1) is 10.8. The van der Waals surface area contributed by atoms with Crippen molar-refractivity contribution in [2.24, 2.45) is 0 Å². The average Bonchev–Trinajstić information content (AvgIpc) is 2.46. The van der Waals surface area contributed by atoms with Crippen molar-refractivity contribution in [3.8, 4) is 11.5 Å². The lowest BCUT2D eigenvalue weighted by molar-refractivity contribution is 0.171. The van der Waals surface area contributed by atoms with E-state index < -0.39 is 0 Å². The number of aromatic nitrogens is 1. The second kappa shape index (κ2) is 4.92. The van der Waals surface area contributed by atoms with Crippen molar-refractivity contribution in [1.29, 1.82) is 0 Å². The highest BCUT2D eigenvalue weighted by Crippen LogP contribution is 2.31. The predicted octanol–water partition coefficient (Wildman–Crippen LogP) is 3.02. The molecule has 3 nitrogen and oxygen atoms in total. The number of ether oxygens (including phenoxy) is 2. The molecule has 3 rings (SSSR count). The van der Waals surface area contributed by atoms with Crippen LogP contribution < -0.4 is 9.47 Å². The molecule has 0 atom stereocenters. The highest BCUT2D eigenvalue weighted by molar-refractivity contribution is 5.69. The van der Waals surface area contributed by atoms with Crippen LogP contribution in [-0.2, 0) is 0 Å². The molecule has 0 fully saturated rings. The smallest absolute Gasteiger partial charge is 0.161 e. The summed E-state index contributed by atoms with van der Waals surface area (Å²) in [6, 6.07) is 11.8. The van der Waals surface area contributed by atoms with Crippen LogP contribution in [0.15, 0.2) is 42.6 Å². The van der Waals surface area contributed by atoms with Crippen LogP contribution in [0.5, 0.6) is 11.5 Å². The number of pyridine rings is 1.